The van der Waals surface area contributed by atoms with Gasteiger partial charge in [0.1, 0.15) is 24.7 Å². The van der Waals surface area contributed by atoms with Crippen molar-refractivity contribution in [2.45, 2.75) is 24.3 Å². The number of hydrogen-bond acceptors (Lipinski definition) is 3. The Bertz CT molecular complexity index is 596. The van der Waals surface area contributed by atoms with Crippen molar-refractivity contribution in [1.29, 1.82) is 0 Å². The number of thioether (sulfide) groups is 1. The fraction of sp³-hybridized carbons (Fsp3) is 0.400. The second-order valence-electron chi connectivity index (χ2n) is 5.94. The van der Waals surface area contributed by atoms with E-state index >= 15 is 0 Å². The Morgan fingerprint density at radius 2 is 1.24 bits per heavy atom. The molecule has 5 heteroatoms. The molecule has 0 bridgehead atoms. The predicted molar refractivity (Wildman–Crippen MR) is 110 cm³/mol. The van der Waals surface area contributed by atoms with Gasteiger partial charge in [-0.2, -0.15) is 0 Å². The molecule has 0 N–H and O–H groups in total. The molecule has 0 spiro atoms. The van der Waals surface area contributed by atoms with E-state index in [9.17, 15) is 0 Å². The van der Waals surface area contributed by atoms with Gasteiger partial charge < -0.3 is 9.47 Å². The van der Waals surface area contributed by atoms with Crippen LogP contribution < -0.4 is 9.47 Å². The third kappa shape index (κ3) is 7.39. The van der Waals surface area contributed by atoms with Crippen LogP contribution in [0.25, 0.3) is 0 Å². The van der Waals surface area contributed by atoms with Crippen molar-refractivity contribution in [2.75, 3.05) is 25.0 Å². The molecule has 2 rings (SSSR count). The molecule has 0 unspecified atom stereocenters. The minimum atomic E-state index is 0.159. The number of alkyl halides is 2. The van der Waals surface area contributed by atoms with Gasteiger partial charge in [-0.25, -0.2) is 0 Å². The Morgan fingerprint density at radius 3 is 1.60 bits per heavy atom. The Hall–Kier alpha value is -1.03. The van der Waals surface area contributed by atoms with Crippen LogP contribution in [0.4, 0.5) is 0 Å². The molecule has 25 heavy (non-hydrogen) atoms. The molecule has 0 saturated carbocycles. The Morgan fingerprint density at radius 1 is 0.800 bits per heavy atom. The van der Waals surface area contributed by atoms with E-state index in [1.54, 1.807) is 11.8 Å². The van der Waals surface area contributed by atoms with Crippen LogP contribution in [0.5, 0.6) is 11.5 Å². The predicted octanol–water partition coefficient (Wildman–Crippen LogP) is 5.71. The average molecular weight is 399 g/mol. The molecule has 2 atom stereocenters. The first-order chi connectivity index (χ1) is 12.1. The molecular formula is C20H24Cl2O2S. The van der Waals surface area contributed by atoms with E-state index in [0.717, 1.165) is 11.5 Å². The van der Waals surface area contributed by atoms with Gasteiger partial charge in [0.05, 0.1) is 10.5 Å². The van der Waals surface area contributed by atoms with E-state index in [1.165, 1.54) is 11.1 Å². The molecule has 0 amide bonds. The van der Waals surface area contributed by atoms with Gasteiger partial charge in [-0.05, 0) is 49.2 Å². The van der Waals surface area contributed by atoms with Gasteiger partial charge in [-0.1, -0.05) is 24.3 Å². The molecule has 0 saturated heterocycles. The fourth-order valence-electron chi connectivity index (χ4n) is 2.30. The number of benzene rings is 2. The maximum atomic E-state index is 6.12. The van der Waals surface area contributed by atoms with Crippen molar-refractivity contribution in [2.24, 2.45) is 0 Å². The van der Waals surface area contributed by atoms with Crippen molar-refractivity contribution >= 4 is 35.0 Å². The van der Waals surface area contributed by atoms with E-state index < -0.39 is 0 Å². The first kappa shape index (κ1) is 20.3. The highest BCUT2D eigenvalue weighted by Crippen LogP contribution is 2.24. The maximum absolute atomic E-state index is 6.12. The lowest BCUT2D eigenvalue weighted by Gasteiger charge is -2.21. The molecule has 0 aliphatic carbocycles. The summed E-state index contributed by atoms with van der Waals surface area (Å²) in [6, 6.07) is 16.0. The van der Waals surface area contributed by atoms with E-state index in [-0.39, 0.29) is 10.5 Å². The Balaban J connectivity index is 1.82. The van der Waals surface area contributed by atoms with Gasteiger partial charge in [-0.15, -0.1) is 35.0 Å². The molecule has 2 aromatic rings. The molecule has 0 aliphatic heterocycles. The second kappa shape index (κ2) is 10.8. The molecule has 0 heterocycles. The van der Waals surface area contributed by atoms with Crippen LogP contribution >= 0.6 is 35.0 Å². The molecular weight excluding hydrogens is 375 g/mol. The van der Waals surface area contributed by atoms with Crippen LogP contribution in [0.2, 0.25) is 0 Å². The van der Waals surface area contributed by atoms with E-state index in [2.05, 4.69) is 0 Å². The number of ether oxygens (including phenoxy) is 2. The highest BCUT2D eigenvalue weighted by atomic mass is 35.5. The van der Waals surface area contributed by atoms with Crippen LogP contribution in [0.1, 0.15) is 11.1 Å². The Labute approximate surface area is 164 Å². The van der Waals surface area contributed by atoms with Crippen molar-refractivity contribution < 1.29 is 9.47 Å². The summed E-state index contributed by atoms with van der Waals surface area (Å²) in [4.78, 5) is 0. The SMILES string of the molecule is Cc1cccc(OC[C@H](CCl)S[C@@H](CCl)COc2cccc(C)c2)c1. The minimum absolute atomic E-state index is 0.159. The molecule has 2 aromatic carbocycles. The van der Waals surface area contributed by atoms with Crippen molar-refractivity contribution in [1.82, 2.24) is 0 Å². The van der Waals surface area contributed by atoms with Crippen molar-refractivity contribution in [3.05, 3.63) is 59.7 Å². The number of aryl methyl sites for hydroxylation is 2. The molecule has 2 nitrogen and oxygen atoms in total. The Kier molecular flexibility index (Phi) is 8.80. The highest BCUT2D eigenvalue weighted by molar-refractivity contribution is 8.00. The lowest BCUT2D eigenvalue weighted by molar-refractivity contribution is 0.315. The van der Waals surface area contributed by atoms with Gasteiger partial charge in [0.15, 0.2) is 0 Å². The third-order valence-corrected chi connectivity index (χ3v) is 6.07. The van der Waals surface area contributed by atoms with Crippen molar-refractivity contribution in [3.63, 3.8) is 0 Å². The highest BCUT2D eigenvalue weighted by Gasteiger charge is 2.18. The number of hydrogen-bond donors (Lipinski definition) is 0. The second-order valence-corrected chi connectivity index (χ2v) is 8.17. The topological polar surface area (TPSA) is 18.5 Å². The van der Waals surface area contributed by atoms with Crippen LogP contribution in [-0.4, -0.2) is 35.5 Å². The summed E-state index contributed by atoms with van der Waals surface area (Å²) < 4.78 is 11.7. The third-order valence-electron chi connectivity index (χ3n) is 3.58. The van der Waals surface area contributed by atoms with Crippen LogP contribution in [0, 0.1) is 13.8 Å². The molecule has 136 valence electrons. The summed E-state index contributed by atoms with van der Waals surface area (Å²) in [5.74, 6) is 2.76. The number of halogens is 2. The average Bonchev–Trinajstić information content (AvgIpc) is 2.61. The first-order valence-electron chi connectivity index (χ1n) is 8.27. The summed E-state index contributed by atoms with van der Waals surface area (Å²) in [6.45, 7) is 5.20. The normalized spacial score (nSPS) is 13.3. The summed E-state index contributed by atoms with van der Waals surface area (Å²) in [7, 11) is 0. The minimum Gasteiger partial charge on any atom is -0.492 e. The van der Waals surface area contributed by atoms with Crippen LogP contribution in [0.15, 0.2) is 48.5 Å². The van der Waals surface area contributed by atoms with E-state index in [4.69, 9.17) is 32.7 Å². The maximum Gasteiger partial charge on any atom is 0.119 e. The lowest BCUT2D eigenvalue weighted by atomic mass is 10.2. The zero-order valence-electron chi connectivity index (χ0n) is 14.6. The lowest BCUT2D eigenvalue weighted by Crippen LogP contribution is -2.25. The van der Waals surface area contributed by atoms with Gasteiger partial charge >= 0.3 is 0 Å². The largest absolute Gasteiger partial charge is 0.492 e. The monoisotopic (exact) mass is 398 g/mol. The zero-order valence-corrected chi connectivity index (χ0v) is 16.9. The van der Waals surface area contributed by atoms with Crippen LogP contribution in [0.3, 0.4) is 0 Å². The fourth-order valence-corrected chi connectivity index (χ4v) is 3.90. The van der Waals surface area contributed by atoms with Crippen molar-refractivity contribution in [3.8, 4) is 11.5 Å². The van der Waals surface area contributed by atoms with E-state index in [0.29, 0.717) is 25.0 Å². The molecule has 0 aromatic heterocycles. The summed E-state index contributed by atoms with van der Waals surface area (Å²) >= 11 is 14.0. The molecule has 0 aliphatic rings. The molecule has 0 radical (unpaired) electrons. The van der Waals surface area contributed by atoms with Gasteiger partial charge in [0.2, 0.25) is 0 Å². The van der Waals surface area contributed by atoms with Gasteiger partial charge in [0, 0.05) is 11.8 Å². The number of rotatable bonds is 10. The smallest absolute Gasteiger partial charge is 0.119 e. The standard InChI is InChI=1S/C20H24Cl2O2S/c1-15-5-3-7-17(9-15)23-13-19(11-21)25-20(12-22)14-24-18-8-4-6-16(2)10-18/h3-10,19-20H,11-14H2,1-2H3/t19-,20-/m0/s1. The summed E-state index contributed by atoms with van der Waals surface area (Å²) in [5, 5.41) is 0.319. The zero-order chi connectivity index (χ0) is 18.1. The van der Waals surface area contributed by atoms with Crippen LogP contribution in [-0.2, 0) is 0 Å². The van der Waals surface area contributed by atoms with E-state index in [1.807, 2.05) is 62.4 Å². The summed E-state index contributed by atoms with van der Waals surface area (Å²) in [5.41, 5.74) is 2.36. The molecule has 0 fully saturated rings. The van der Waals surface area contributed by atoms with Gasteiger partial charge in [-0.3, -0.25) is 0 Å². The quantitative estimate of drug-likeness (QED) is 0.477. The first-order valence-corrected chi connectivity index (χ1v) is 10.3. The summed E-state index contributed by atoms with van der Waals surface area (Å²) in [6.07, 6.45) is 0. The van der Waals surface area contributed by atoms with Gasteiger partial charge in [0.25, 0.3) is 0 Å².